The van der Waals surface area contributed by atoms with Gasteiger partial charge in [-0.25, -0.2) is 9.97 Å². The molecule has 3 unspecified atom stereocenters. The minimum Gasteiger partial charge on any atom is -0.386 e. The Morgan fingerprint density at radius 1 is 0.931 bits per heavy atom. The van der Waals surface area contributed by atoms with Crippen molar-refractivity contribution in [3.05, 3.63) is 88.6 Å². The van der Waals surface area contributed by atoms with Gasteiger partial charge in [0.05, 0.1) is 28.1 Å². The van der Waals surface area contributed by atoms with Crippen molar-refractivity contribution in [3.63, 3.8) is 0 Å². The van der Waals surface area contributed by atoms with Gasteiger partial charge in [-0.1, -0.05) is 6.07 Å². The van der Waals surface area contributed by atoms with E-state index in [-0.39, 0.29) is 35.6 Å². The van der Waals surface area contributed by atoms with Crippen molar-refractivity contribution in [2.75, 3.05) is 42.9 Å². The molecule has 4 fully saturated rings. The third-order valence-electron chi connectivity index (χ3n) is 12.4. The summed E-state index contributed by atoms with van der Waals surface area (Å²) in [6.07, 6.45) is 0.801. The van der Waals surface area contributed by atoms with E-state index in [0.29, 0.717) is 29.0 Å². The Kier molecular flexibility index (Phi) is 8.96. The summed E-state index contributed by atoms with van der Waals surface area (Å²) in [6.45, 7) is 7.64. The van der Waals surface area contributed by atoms with Gasteiger partial charge in [-0.3, -0.25) is 34.2 Å². The van der Waals surface area contributed by atoms with Gasteiger partial charge in [0, 0.05) is 55.6 Å². The lowest BCUT2D eigenvalue weighted by Crippen LogP contribution is -2.54. The number of hydrogen-bond acceptors (Lipinski definition) is 10. The number of fused-ring (bicyclic) bond motifs is 3. The third kappa shape index (κ3) is 6.78. The van der Waals surface area contributed by atoms with Gasteiger partial charge in [-0.2, -0.15) is 13.2 Å². The van der Waals surface area contributed by atoms with Gasteiger partial charge in [0.25, 0.3) is 17.7 Å². The van der Waals surface area contributed by atoms with Gasteiger partial charge in [0.2, 0.25) is 11.8 Å². The molecular formula is C41H41F3N8O6. The molecule has 5 amide bonds. The van der Waals surface area contributed by atoms with Crippen molar-refractivity contribution < 1.29 is 42.3 Å². The molecule has 17 heteroatoms. The van der Waals surface area contributed by atoms with Crippen LogP contribution in [0.25, 0.3) is 5.65 Å². The van der Waals surface area contributed by atoms with Crippen molar-refractivity contribution in [2.45, 2.75) is 63.3 Å². The molecule has 58 heavy (non-hydrogen) atoms. The summed E-state index contributed by atoms with van der Waals surface area (Å²) in [4.78, 5) is 77.7. The molecule has 0 radical (unpaired) electrons. The number of nitrogens with one attached hydrogen (secondary N) is 2. The second-order valence-electron chi connectivity index (χ2n) is 16.6. The molecular weight excluding hydrogens is 757 g/mol. The average molecular weight is 799 g/mol. The van der Waals surface area contributed by atoms with E-state index in [0.717, 1.165) is 74.0 Å². The van der Waals surface area contributed by atoms with Crippen LogP contribution in [0.15, 0.2) is 54.9 Å². The summed E-state index contributed by atoms with van der Waals surface area (Å²) >= 11 is 0. The average Bonchev–Trinajstić information content (AvgIpc) is 3.49. The highest BCUT2D eigenvalue weighted by atomic mass is 19.4. The van der Waals surface area contributed by atoms with Crippen LogP contribution in [0.2, 0.25) is 0 Å². The monoisotopic (exact) mass is 798 g/mol. The number of imidazole rings is 1. The molecule has 3 N–H and O–H groups in total. The summed E-state index contributed by atoms with van der Waals surface area (Å²) in [6, 6.07) is 9.09. The lowest BCUT2D eigenvalue weighted by molar-refractivity contribution is -0.141. The van der Waals surface area contributed by atoms with Crippen molar-refractivity contribution in [2.24, 2.45) is 17.8 Å². The maximum atomic E-state index is 13.3. The molecule has 302 valence electrons. The van der Waals surface area contributed by atoms with Crippen LogP contribution in [-0.4, -0.2) is 97.6 Å². The van der Waals surface area contributed by atoms with E-state index in [1.165, 1.54) is 6.07 Å². The molecule has 9 rings (SSSR count). The number of aliphatic hydroxyl groups is 1. The number of hydrogen-bond donors (Lipinski definition) is 3. The number of benzene rings is 1. The van der Waals surface area contributed by atoms with E-state index in [4.69, 9.17) is 4.98 Å². The van der Waals surface area contributed by atoms with Crippen LogP contribution < -0.4 is 15.5 Å². The normalized spacial score (nSPS) is 24.0. The molecule has 3 atom stereocenters. The number of amides is 5. The topological polar surface area (TPSA) is 170 Å². The zero-order valence-electron chi connectivity index (χ0n) is 31.8. The van der Waals surface area contributed by atoms with Crippen molar-refractivity contribution in [3.8, 4) is 0 Å². The zero-order valence-corrected chi connectivity index (χ0v) is 31.8. The Balaban J connectivity index is 0.803. The van der Waals surface area contributed by atoms with Crippen molar-refractivity contribution in [1.29, 1.82) is 0 Å². The fourth-order valence-corrected chi connectivity index (χ4v) is 9.26. The van der Waals surface area contributed by atoms with Gasteiger partial charge >= 0.3 is 6.18 Å². The molecule has 7 heterocycles. The number of carbonyl (C=O) groups is 5. The number of rotatable bonds is 8. The van der Waals surface area contributed by atoms with E-state index in [1.807, 2.05) is 12.3 Å². The number of halogens is 3. The number of carbonyl (C=O) groups excluding carboxylic acids is 5. The quantitative estimate of drug-likeness (QED) is 0.220. The molecule has 1 aromatic carbocycles. The molecule has 1 saturated carbocycles. The summed E-state index contributed by atoms with van der Waals surface area (Å²) in [7, 11) is 0. The molecule has 3 saturated heterocycles. The Hall–Kier alpha value is -5.68. The Morgan fingerprint density at radius 3 is 2.34 bits per heavy atom. The SMILES string of the molecule is CC(C)(O)c1cc2nc(C3CCN(CC4C5CN(c6ccc7c(c6)C(=O)N(C6CCC(=O)NC6=O)C7=O)CC45)CC3)cn2cc1NC(=O)c1cccc(C(F)(F)F)n1. The molecule has 3 aromatic heterocycles. The third-order valence-corrected chi connectivity index (χ3v) is 12.4. The minimum atomic E-state index is -4.70. The number of pyridine rings is 2. The number of nitrogens with zero attached hydrogens (tertiary/aromatic N) is 6. The standard InChI is InChI=1S/C41H41F3N8O6/c1-40(2,58)28-15-34-46-30(19-51(34)20-31(28)47-36(54)29-4-3-5-33(45-29)41(42,43)44)21-10-12-49(13-11-21)16-25-26-17-50(18-27(25)26)22-6-7-23-24(14-22)39(57)52(38(23)56)32-8-9-35(53)48-37(32)55/h3-7,14-15,19-21,25-27,32,58H,8-13,16-18H2,1-2H3,(H,47,54)(H,48,53,55). The first-order valence-corrected chi connectivity index (χ1v) is 19.5. The first-order valence-electron chi connectivity index (χ1n) is 19.5. The van der Waals surface area contributed by atoms with E-state index in [2.05, 4.69) is 25.4 Å². The molecule has 14 nitrogen and oxygen atoms in total. The highest BCUT2D eigenvalue weighted by Gasteiger charge is 2.56. The van der Waals surface area contributed by atoms with Crippen LogP contribution in [0, 0.1) is 17.8 Å². The van der Waals surface area contributed by atoms with Crippen LogP contribution in [-0.2, 0) is 21.4 Å². The van der Waals surface area contributed by atoms with E-state index in [9.17, 15) is 42.3 Å². The second-order valence-corrected chi connectivity index (χ2v) is 16.6. The first-order chi connectivity index (χ1) is 27.5. The summed E-state index contributed by atoms with van der Waals surface area (Å²) in [5.74, 6) is -1.06. The lowest BCUT2D eigenvalue weighted by atomic mass is 9.94. The van der Waals surface area contributed by atoms with Crippen LogP contribution >= 0.6 is 0 Å². The highest BCUT2D eigenvalue weighted by molar-refractivity contribution is 6.23. The fraction of sp³-hybridized carbons (Fsp3) is 0.439. The molecule has 4 aromatic rings. The summed E-state index contributed by atoms with van der Waals surface area (Å²) < 4.78 is 41.5. The van der Waals surface area contributed by atoms with Crippen molar-refractivity contribution >= 4 is 46.6 Å². The number of likely N-dealkylation sites (tertiary alicyclic amines) is 1. The maximum absolute atomic E-state index is 13.3. The van der Waals surface area contributed by atoms with E-state index < -0.39 is 58.7 Å². The number of anilines is 2. The number of imide groups is 2. The van der Waals surface area contributed by atoms with Crippen LogP contribution in [0.1, 0.15) is 93.6 Å². The molecule has 1 aliphatic carbocycles. The molecule has 0 bridgehead atoms. The number of piperidine rings is 3. The van der Waals surface area contributed by atoms with Crippen LogP contribution in [0.3, 0.4) is 0 Å². The fourth-order valence-electron chi connectivity index (χ4n) is 9.26. The Morgan fingerprint density at radius 2 is 1.66 bits per heavy atom. The zero-order chi connectivity index (χ0) is 40.8. The summed E-state index contributed by atoms with van der Waals surface area (Å²) in [5, 5.41) is 15.8. The largest absolute Gasteiger partial charge is 0.433 e. The molecule has 5 aliphatic rings. The van der Waals surface area contributed by atoms with Gasteiger partial charge in [-0.05, 0) is 100 Å². The minimum absolute atomic E-state index is 0.0714. The highest BCUT2D eigenvalue weighted by Crippen LogP contribution is 2.53. The first kappa shape index (κ1) is 37.9. The van der Waals surface area contributed by atoms with Gasteiger partial charge in [0.15, 0.2) is 0 Å². The second kappa shape index (κ2) is 13.7. The number of alkyl halides is 3. The lowest BCUT2D eigenvalue weighted by Gasteiger charge is -2.32. The van der Waals surface area contributed by atoms with Gasteiger partial charge in [0.1, 0.15) is 23.1 Å². The van der Waals surface area contributed by atoms with Crippen LogP contribution in [0.4, 0.5) is 24.5 Å². The van der Waals surface area contributed by atoms with E-state index >= 15 is 0 Å². The van der Waals surface area contributed by atoms with Gasteiger partial charge < -0.3 is 24.6 Å². The predicted octanol–water partition coefficient (Wildman–Crippen LogP) is 4.19. The van der Waals surface area contributed by atoms with Crippen molar-refractivity contribution in [1.82, 2.24) is 29.5 Å². The molecule has 0 spiro atoms. The predicted molar refractivity (Wildman–Crippen MR) is 202 cm³/mol. The number of aromatic nitrogens is 3. The Labute approximate surface area is 330 Å². The smallest absolute Gasteiger partial charge is 0.386 e. The maximum Gasteiger partial charge on any atom is 0.433 e. The Bertz CT molecular complexity index is 2390. The summed E-state index contributed by atoms with van der Waals surface area (Å²) in [5.41, 5.74) is 0.506. The van der Waals surface area contributed by atoms with E-state index in [1.54, 1.807) is 42.6 Å². The van der Waals surface area contributed by atoms with Crippen LogP contribution in [0.5, 0.6) is 0 Å². The van der Waals surface area contributed by atoms with Gasteiger partial charge in [-0.15, -0.1) is 0 Å². The molecule has 4 aliphatic heterocycles.